The molecular formula is C28H36N4O4. The molecule has 1 aliphatic heterocycles. The van der Waals surface area contributed by atoms with Crippen molar-refractivity contribution in [1.82, 2.24) is 19.8 Å². The first kappa shape index (κ1) is 26.1. The fourth-order valence-corrected chi connectivity index (χ4v) is 4.83. The van der Waals surface area contributed by atoms with Gasteiger partial charge in [-0.25, -0.2) is 4.98 Å². The van der Waals surface area contributed by atoms with Crippen LogP contribution in [0.1, 0.15) is 61.0 Å². The van der Waals surface area contributed by atoms with Crippen LogP contribution in [0.2, 0.25) is 0 Å². The van der Waals surface area contributed by atoms with Crippen LogP contribution in [-0.2, 0) is 6.54 Å². The standard InChI is InChI=1S/C28H36N4O4/c1-20-16-32(21(2)19-33)27(34)24-14-23(6-11-28(35)9-4-5-10-28)15-30-26(24)36-25(20)18-31(3)17-22-7-12-29-13-8-22/h7-8,12-15,20-21,25,33,35H,4-5,9-10,16-19H2,1-3H3/t20-,21-,25+/m0/s1. The van der Waals surface area contributed by atoms with Crippen molar-refractivity contribution in [1.29, 1.82) is 0 Å². The van der Waals surface area contributed by atoms with Crippen LogP contribution in [0.3, 0.4) is 0 Å². The summed E-state index contributed by atoms with van der Waals surface area (Å²) >= 11 is 0. The topological polar surface area (TPSA) is 99.0 Å². The van der Waals surface area contributed by atoms with Crippen LogP contribution >= 0.6 is 0 Å². The number of amides is 1. The van der Waals surface area contributed by atoms with Crippen molar-refractivity contribution in [3.63, 3.8) is 0 Å². The van der Waals surface area contributed by atoms with Gasteiger partial charge in [-0.15, -0.1) is 0 Å². The van der Waals surface area contributed by atoms with Crippen LogP contribution in [-0.4, -0.2) is 80.4 Å². The van der Waals surface area contributed by atoms with Crippen LogP contribution in [0.4, 0.5) is 0 Å². The summed E-state index contributed by atoms with van der Waals surface area (Å²) in [6.45, 7) is 5.58. The predicted molar refractivity (Wildman–Crippen MR) is 136 cm³/mol. The number of hydrogen-bond acceptors (Lipinski definition) is 7. The summed E-state index contributed by atoms with van der Waals surface area (Å²) in [4.78, 5) is 26.0. The summed E-state index contributed by atoms with van der Waals surface area (Å²) in [6.07, 6.45) is 8.19. The molecule has 2 aromatic rings. The summed E-state index contributed by atoms with van der Waals surface area (Å²) < 4.78 is 6.37. The maximum absolute atomic E-state index is 13.6. The summed E-state index contributed by atoms with van der Waals surface area (Å²) in [5.41, 5.74) is 1.07. The van der Waals surface area contributed by atoms with Gasteiger partial charge in [-0.2, -0.15) is 0 Å². The Balaban J connectivity index is 1.61. The molecule has 0 bridgehead atoms. The van der Waals surface area contributed by atoms with Crippen molar-refractivity contribution in [3.05, 3.63) is 53.5 Å². The van der Waals surface area contributed by atoms with Crippen LogP contribution in [0.25, 0.3) is 0 Å². The van der Waals surface area contributed by atoms with Gasteiger partial charge in [0.05, 0.1) is 12.6 Å². The lowest BCUT2D eigenvalue weighted by Crippen LogP contribution is -2.49. The number of likely N-dealkylation sites (N-methyl/N-ethyl adjacent to an activating group) is 1. The average Bonchev–Trinajstić information content (AvgIpc) is 3.31. The van der Waals surface area contributed by atoms with E-state index in [4.69, 9.17) is 4.74 Å². The molecule has 0 aromatic carbocycles. The molecule has 2 aliphatic rings. The highest BCUT2D eigenvalue weighted by molar-refractivity contribution is 5.97. The van der Waals surface area contributed by atoms with Gasteiger partial charge < -0.3 is 19.8 Å². The molecule has 8 nitrogen and oxygen atoms in total. The van der Waals surface area contributed by atoms with Gasteiger partial charge in [0, 0.05) is 49.7 Å². The first-order valence-electron chi connectivity index (χ1n) is 12.7. The molecule has 192 valence electrons. The summed E-state index contributed by atoms with van der Waals surface area (Å²) in [5.74, 6) is 6.05. The van der Waals surface area contributed by atoms with Gasteiger partial charge >= 0.3 is 0 Å². The Morgan fingerprint density at radius 3 is 2.72 bits per heavy atom. The lowest BCUT2D eigenvalue weighted by Gasteiger charge is -2.37. The first-order chi connectivity index (χ1) is 17.3. The Bertz CT molecular complexity index is 1110. The summed E-state index contributed by atoms with van der Waals surface area (Å²) in [7, 11) is 2.04. The second kappa shape index (κ2) is 11.4. The molecule has 0 unspecified atom stereocenters. The maximum Gasteiger partial charge on any atom is 0.259 e. The molecule has 1 fully saturated rings. The van der Waals surface area contributed by atoms with Crippen LogP contribution in [0.15, 0.2) is 36.8 Å². The quantitative estimate of drug-likeness (QED) is 0.598. The Hall–Kier alpha value is -2.99. The molecular weight excluding hydrogens is 456 g/mol. The Morgan fingerprint density at radius 1 is 1.31 bits per heavy atom. The molecule has 3 heterocycles. The van der Waals surface area contributed by atoms with Crippen molar-refractivity contribution in [3.8, 4) is 17.7 Å². The Labute approximate surface area is 213 Å². The third kappa shape index (κ3) is 6.22. The number of ether oxygens (including phenoxy) is 1. The van der Waals surface area contributed by atoms with Crippen molar-refractivity contribution < 1.29 is 19.7 Å². The van der Waals surface area contributed by atoms with Crippen molar-refractivity contribution in [2.75, 3.05) is 26.7 Å². The molecule has 1 amide bonds. The van der Waals surface area contributed by atoms with E-state index in [0.717, 1.165) is 24.9 Å². The summed E-state index contributed by atoms with van der Waals surface area (Å²) in [5, 5.41) is 20.5. The van der Waals surface area contributed by atoms with Gasteiger partial charge in [-0.05, 0) is 63.4 Å². The second-order valence-electron chi connectivity index (χ2n) is 10.2. The number of aliphatic hydroxyl groups is 2. The highest BCUT2D eigenvalue weighted by Gasteiger charge is 2.34. The fourth-order valence-electron chi connectivity index (χ4n) is 4.83. The molecule has 2 N–H and O–H groups in total. The zero-order chi connectivity index (χ0) is 25.7. The van der Waals surface area contributed by atoms with Gasteiger partial charge in [0.15, 0.2) is 0 Å². The van der Waals surface area contributed by atoms with Crippen molar-refractivity contribution >= 4 is 5.91 Å². The van der Waals surface area contributed by atoms with Crippen LogP contribution in [0.5, 0.6) is 5.88 Å². The van der Waals surface area contributed by atoms with E-state index in [2.05, 4.69) is 33.6 Å². The molecule has 1 saturated carbocycles. The number of hydrogen-bond donors (Lipinski definition) is 2. The molecule has 4 rings (SSSR count). The van der Waals surface area contributed by atoms with E-state index in [1.54, 1.807) is 29.6 Å². The summed E-state index contributed by atoms with van der Waals surface area (Å²) in [6, 6.07) is 5.32. The minimum absolute atomic E-state index is 0.00821. The zero-order valence-electron chi connectivity index (χ0n) is 21.4. The number of aliphatic hydroxyl groups excluding tert-OH is 1. The average molecular weight is 493 g/mol. The van der Waals surface area contributed by atoms with Gasteiger partial charge in [-0.1, -0.05) is 18.8 Å². The van der Waals surface area contributed by atoms with Gasteiger partial charge in [0.2, 0.25) is 5.88 Å². The van der Waals surface area contributed by atoms with Crippen LogP contribution in [0, 0.1) is 17.8 Å². The molecule has 3 atom stereocenters. The first-order valence-corrected chi connectivity index (χ1v) is 12.7. The van der Waals surface area contributed by atoms with E-state index in [9.17, 15) is 15.0 Å². The van der Waals surface area contributed by atoms with Gasteiger partial charge in [0.25, 0.3) is 5.91 Å². The molecule has 0 saturated heterocycles. The minimum atomic E-state index is -0.970. The fraction of sp³-hybridized carbons (Fsp3) is 0.536. The Morgan fingerprint density at radius 2 is 2.03 bits per heavy atom. The Kier molecular flexibility index (Phi) is 8.24. The molecule has 1 aliphatic carbocycles. The number of aromatic nitrogens is 2. The number of carbonyl (C=O) groups is 1. The van der Waals surface area contributed by atoms with Crippen LogP contribution < -0.4 is 4.74 Å². The molecule has 0 spiro atoms. The highest BCUT2D eigenvalue weighted by atomic mass is 16.5. The van der Waals surface area contributed by atoms with E-state index in [1.165, 1.54) is 0 Å². The van der Waals surface area contributed by atoms with E-state index < -0.39 is 5.60 Å². The zero-order valence-corrected chi connectivity index (χ0v) is 21.4. The van der Waals surface area contributed by atoms with Crippen molar-refractivity contribution in [2.24, 2.45) is 5.92 Å². The van der Waals surface area contributed by atoms with E-state index >= 15 is 0 Å². The largest absolute Gasteiger partial charge is 0.472 e. The highest BCUT2D eigenvalue weighted by Crippen LogP contribution is 2.30. The number of nitrogens with zero attached hydrogens (tertiary/aromatic N) is 4. The minimum Gasteiger partial charge on any atom is -0.472 e. The lowest BCUT2D eigenvalue weighted by molar-refractivity contribution is 0.0325. The van der Waals surface area contributed by atoms with Gasteiger partial charge in [-0.3, -0.25) is 14.7 Å². The van der Waals surface area contributed by atoms with E-state index in [0.29, 0.717) is 37.1 Å². The number of rotatable bonds is 6. The molecule has 8 heteroatoms. The predicted octanol–water partition coefficient (Wildman–Crippen LogP) is 2.49. The maximum atomic E-state index is 13.6. The number of fused-ring (bicyclic) bond motifs is 1. The lowest BCUT2D eigenvalue weighted by atomic mass is 9.99. The monoisotopic (exact) mass is 492 g/mol. The number of carbonyl (C=O) groups excluding carboxylic acids is 1. The van der Waals surface area contributed by atoms with Gasteiger partial charge in [0.1, 0.15) is 17.3 Å². The van der Waals surface area contributed by atoms with E-state index in [-0.39, 0.29) is 36.5 Å². The smallest absolute Gasteiger partial charge is 0.259 e. The number of pyridine rings is 2. The second-order valence-corrected chi connectivity index (χ2v) is 10.2. The van der Waals surface area contributed by atoms with Crippen molar-refractivity contribution in [2.45, 2.75) is 63.8 Å². The molecule has 2 aromatic heterocycles. The van der Waals surface area contributed by atoms with E-state index in [1.807, 2.05) is 26.1 Å². The molecule has 36 heavy (non-hydrogen) atoms. The third-order valence-corrected chi connectivity index (χ3v) is 7.08. The molecule has 0 radical (unpaired) electrons. The third-order valence-electron chi connectivity index (χ3n) is 7.08. The SMILES string of the molecule is C[C@H]1CN([C@@H](C)CO)C(=O)c2cc(C#CC3(O)CCCC3)cnc2O[C@@H]1CN(C)Cc1ccncc1. The normalized spacial score (nSPS) is 22.2.